The van der Waals surface area contributed by atoms with E-state index in [0.717, 1.165) is 0 Å². The molecular weight excluding hydrogens is 390 g/mol. The number of pyridine rings is 2. The highest BCUT2D eigenvalue weighted by Crippen LogP contribution is 2.26. The number of nitrogens with zero attached hydrogens (tertiary/aromatic N) is 3. The van der Waals surface area contributed by atoms with Crippen LogP contribution >= 0.6 is 0 Å². The Labute approximate surface area is 178 Å². The molecule has 0 aliphatic carbocycles. The maximum Gasteiger partial charge on any atom is 0.337 e. The minimum absolute atomic E-state index is 0.315. The summed E-state index contributed by atoms with van der Waals surface area (Å²) in [6.45, 7) is 0. The molecule has 0 atom stereocenters. The molecule has 31 heavy (non-hydrogen) atoms. The van der Waals surface area contributed by atoms with E-state index < -0.39 is 5.97 Å². The molecule has 0 unspecified atom stereocenters. The highest BCUT2D eigenvalue weighted by molar-refractivity contribution is 5.90. The largest absolute Gasteiger partial charge is 0.465 e. The molecule has 0 bridgehead atoms. The number of carbonyl (C=O) groups excluding carboxylic acids is 1. The minimum Gasteiger partial charge on any atom is -0.465 e. The van der Waals surface area contributed by atoms with Crippen molar-refractivity contribution < 1.29 is 9.53 Å². The first-order valence-electron chi connectivity index (χ1n) is 9.48. The van der Waals surface area contributed by atoms with Crippen molar-refractivity contribution >= 4 is 5.97 Å². The van der Waals surface area contributed by atoms with Crippen molar-refractivity contribution in [1.29, 1.82) is 5.26 Å². The lowest BCUT2D eigenvalue weighted by Crippen LogP contribution is -2.20. The predicted molar refractivity (Wildman–Crippen MR) is 117 cm³/mol. The van der Waals surface area contributed by atoms with Gasteiger partial charge in [0.1, 0.15) is 0 Å². The zero-order valence-corrected chi connectivity index (χ0v) is 16.6. The minimum atomic E-state index is -0.495. The van der Waals surface area contributed by atoms with Gasteiger partial charge < -0.3 is 4.74 Å². The van der Waals surface area contributed by atoms with Crippen LogP contribution in [0.15, 0.2) is 90.0 Å². The number of aromatic nitrogens is 2. The fraction of sp³-hybridized carbons (Fsp3) is 0.0400. The molecule has 0 spiro atoms. The lowest BCUT2D eigenvalue weighted by Gasteiger charge is -2.13. The van der Waals surface area contributed by atoms with Gasteiger partial charge in [0.25, 0.3) is 5.56 Å². The van der Waals surface area contributed by atoms with Gasteiger partial charge in [-0.25, -0.2) is 4.79 Å². The van der Waals surface area contributed by atoms with Gasteiger partial charge >= 0.3 is 5.97 Å². The Balaban J connectivity index is 2.01. The summed E-state index contributed by atoms with van der Waals surface area (Å²) in [7, 11) is 1.31. The van der Waals surface area contributed by atoms with Gasteiger partial charge in [0.15, 0.2) is 0 Å². The highest BCUT2D eigenvalue weighted by Gasteiger charge is 2.16. The normalized spacial score (nSPS) is 10.3. The number of ether oxygens (including phenoxy) is 1. The lowest BCUT2D eigenvalue weighted by molar-refractivity contribution is 0.0600. The number of nitriles is 1. The van der Waals surface area contributed by atoms with Crippen LogP contribution in [0.3, 0.4) is 0 Å². The maximum atomic E-state index is 13.5. The molecule has 0 N–H and O–H groups in total. The van der Waals surface area contributed by atoms with Crippen LogP contribution in [0.5, 0.6) is 0 Å². The Morgan fingerprint density at radius 1 is 1.00 bits per heavy atom. The van der Waals surface area contributed by atoms with Crippen LogP contribution < -0.4 is 5.56 Å². The molecule has 0 aliphatic rings. The first-order chi connectivity index (χ1) is 15.1. The second-order valence-electron chi connectivity index (χ2n) is 6.73. The van der Waals surface area contributed by atoms with Crippen LogP contribution in [0.1, 0.15) is 15.9 Å². The van der Waals surface area contributed by atoms with E-state index in [4.69, 9.17) is 4.74 Å². The third-order valence-electron chi connectivity index (χ3n) is 4.86. The van der Waals surface area contributed by atoms with E-state index in [1.807, 2.05) is 18.2 Å². The first-order valence-corrected chi connectivity index (χ1v) is 9.48. The van der Waals surface area contributed by atoms with E-state index >= 15 is 0 Å². The summed E-state index contributed by atoms with van der Waals surface area (Å²) in [5.41, 5.74) is 3.18. The van der Waals surface area contributed by atoms with Crippen LogP contribution in [-0.2, 0) is 4.74 Å². The van der Waals surface area contributed by atoms with Crippen molar-refractivity contribution in [3.05, 3.63) is 107 Å². The summed E-state index contributed by atoms with van der Waals surface area (Å²) in [5, 5.41) is 9.55. The quantitative estimate of drug-likeness (QED) is 0.473. The van der Waals surface area contributed by atoms with Gasteiger partial charge in [0.05, 0.1) is 30.0 Å². The molecule has 4 aromatic rings. The molecule has 2 aromatic heterocycles. The number of hydrogen-bond donors (Lipinski definition) is 0. The standard InChI is InChI=1S/C25H17N3O3/c1-31-25(30)17-8-6-9-20(13-17)28-16-19(23-11-4-5-12-27-23)14-22(24(28)29)21-10-3-2-7-18(21)15-26/h2-14,16H,1H3. The van der Waals surface area contributed by atoms with Crippen molar-refractivity contribution in [2.75, 3.05) is 7.11 Å². The fourth-order valence-corrected chi connectivity index (χ4v) is 3.36. The molecule has 6 heteroatoms. The number of rotatable bonds is 4. The number of methoxy groups -OCH3 is 1. The molecule has 2 heterocycles. The summed E-state index contributed by atoms with van der Waals surface area (Å²) in [4.78, 5) is 29.9. The van der Waals surface area contributed by atoms with Gasteiger partial charge in [0.2, 0.25) is 0 Å². The summed E-state index contributed by atoms with van der Waals surface area (Å²) >= 11 is 0. The van der Waals surface area contributed by atoms with Crippen LogP contribution in [-0.4, -0.2) is 22.6 Å². The van der Waals surface area contributed by atoms with Gasteiger partial charge in [-0.15, -0.1) is 0 Å². The zero-order valence-electron chi connectivity index (χ0n) is 16.6. The van der Waals surface area contributed by atoms with Gasteiger partial charge in [-0.1, -0.05) is 30.3 Å². The maximum absolute atomic E-state index is 13.5. The smallest absolute Gasteiger partial charge is 0.337 e. The molecule has 0 radical (unpaired) electrons. The van der Waals surface area contributed by atoms with E-state index in [-0.39, 0.29) is 5.56 Å². The van der Waals surface area contributed by atoms with Gasteiger partial charge in [0, 0.05) is 34.8 Å². The summed E-state index contributed by atoms with van der Waals surface area (Å²) in [6.07, 6.45) is 3.35. The summed E-state index contributed by atoms with van der Waals surface area (Å²) < 4.78 is 6.26. The Morgan fingerprint density at radius 2 is 1.81 bits per heavy atom. The van der Waals surface area contributed by atoms with Gasteiger partial charge in [-0.05, 0) is 42.5 Å². The number of benzene rings is 2. The predicted octanol–water partition coefficient (Wildman–Crippen LogP) is 4.22. The Hall–Kier alpha value is -4.50. The van der Waals surface area contributed by atoms with E-state index in [0.29, 0.717) is 39.2 Å². The van der Waals surface area contributed by atoms with E-state index in [1.165, 1.54) is 11.7 Å². The monoisotopic (exact) mass is 407 g/mol. The summed E-state index contributed by atoms with van der Waals surface area (Å²) in [6, 6.07) is 23.0. The molecule has 0 saturated heterocycles. The topological polar surface area (TPSA) is 85.0 Å². The summed E-state index contributed by atoms with van der Waals surface area (Å²) in [5.74, 6) is -0.495. The Bertz CT molecular complexity index is 1370. The number of esters is 1. The molecule has 6 nitrogen and oxygen atoms in total. The van der Waals surface area contributed by atoms with Crippen molar-refractivity contribution in [2.45, 2.75) is 0 Å². The Kier molecular flexibility index (Phi) is 5.41. The Morgan fingerprint density at radius 3 is 2.55 bits per heavy atom. The second-order valence-corrected chi connectivity index (χ2v) is 6.73. The van der Waals surface area contributed by atoms with Crippen molar-refractivity contribution in [3.8, 4) is 34.1 Å². The molecule has 150 valence electrons. The molecule has 0 saturated carbocycles. The molecule has 2 aromatic carbocycles. The number of hydrogen-bond acceptors (Lipinski definition) is 5. The zero-order chi connectivity index (χ0) is 21.8. The van der Waals surface area contributed by atoms with E-state index in [2.05, 4.69) is 11.1 Å². The van der Waals surface area contributed by atoms with Gasteiger partial charge in [-0.2, -0.15) is 5.26 Å². The van der Waals surface area contributed by atoms with Crippen LogP contribution in [0.4, 0.5) is 0 Å². The van der Waals surface area contributed by atoms with Crippen molar-refractivity contribution in [3.63, 3.8) is 0 Å². The second kappa shape index (κ2) is 8.47. The molecule has 0 aliphatic heterocycles. The van der Waals surface area contributed by atoms with Crippen LogP contribution in [0.25, 0.3) is 28.1 Å². The van der Waals surface area contributed by atoms with Gasteiger partial charge in [-0.3, -0.25) is 14.3 Å². The SMILES string of the molecule is COC(=O)c1cccc(-n2cc(-c3ccccn3)cc(-c3ccccc3C#N)c2=O)c1. The average molecular weight is 407 g/mol. The van der Waals surface area contributed by atoms with Crippen molar-refractivity contribution in [2.24, 2.45) is 0 Å². The average Bonchev–Trinajstić information content (AvgIpc) is 2.84. The fourth-order valence-electron chi connectivity index (χ4n) is 3.36. The van der Waals surface area contributed by atoms with E-state index in [9.17, 15) is 14.9 Å². The third-order valence-corrected chi connectivity index (χ3v) is 4.86. The molecule has 4 rings (SSSR count). The number of carbonyl (C=O) groups is 1. The molecule has 0 amide bonds. The van der Waals surface area contributed by atoms with Crippen LogP contribution in [0, 0.1) is 11.3 Å². The van der Waals surface area contributed by atoms with Crippen LogP contribution in [0.2, 0.25) is 0 Å². The van der Waals surface area contributed by atoms with E-state index in [1.54, 1.807) is 67.0 Å². The first kappa shape index (κ1) is 19.8. The third kappa shape index (κ3) is 3.85. The van der Waals surface area contributed by atoms with Crippen molar-refractivity contribution in [1.82, 2.24) is 9.55 Å². The molecular formula is C25H17N3O3. The molecule has 0 fully saturated rings. The highest BCUT2D eigenvalue weighted by atomic mass is 16.5. The lowest BCUT2D eigenvalue weighted by atomic mass is 9.99.